The molecule has 5 heteroatoms. The number of hydrogen-bond donors (Lipinski definition) is 1. The molecule has 2 N–H and O–H groups in total. The van der Waals surface area contributed by atoms with Crippen LogP contribution in [0.2, 0.25) is 0 Å². The first-order valence-electron chi connectivity index (χ1n) is 1.77. The van der Waals surface area contributed by atoms with Gasteiger partial charge in [-0.25, -0.2) is 0 Å². The van der Waals surface area contributed by atoms with Gasteiger partial charge < -0.3 is 5.73 Å². The van der Waals surface area contributed by atoms with Crippen molar-refractivity contribution in [3.63, 3.8) is 0 Å². The number of amides is 1. The van der Waals surface area contributed by atoms with E-state index in [1.165, 1.54) is 0 Å². The van der Waals surface area contributed by atoms with Crippen LogP contribution in [0.15, 0.2) is 0 Å². The minimum absolute atomic E-state index is 1.35. The fourth-order valence-electron chi connectivity index (χ4n) is 0.198. The average Bonchev–Trinajstić information content (AvgIpc) is 1.21. The third-order valence-corrected chi connectivity index (χ3v) is 0.375. The topological polar surface area (TPSA) is 43.1 Å². The molecule has 8 heavy (non-hydrogen) atoms. The summed E-state index contributed by atoms with van der Waals surface area (Å²) in [5.41, 5.74) is 4.22. The van der Waals surface area contributed by atoms with Gasteiger partial charge in [-0.2, -0.15) is 13.2 Å². The van der Waals surface area contributed by atoms with Crippen molar-refractivity contribution in [2.45, 2.75) is 12.6 Å². The fraction of sp³-hybridized carbons (Fsp3) is 0.667. The van der Waals surface area contributed by atoms with Gasteiger partial charge in [-0.1, -0.05) is 0 Å². The Bertz CT molecular complexity index is 97.2. The lowest BCUT2D eigenvalue weighted by Gasteiger charge is -1.99. The second kappa shape index (κ2) is 2.02. The minimum atomic E-state index is -4.45. The molecule has 1 amide bonds. The number of alkyl halides is 3. The van der Waals surface area contributed by atoms with E-state index < -0.39 is 18.5 Å². The molecule has 0 aromatic heterocycles. The molecule has 0 saturated heterocycles. The summed E-state index contributed by atoms with van der Waals surface area (Å²) in [4.78, 5) is 9.52. The lowest BCUT2D eigenvalue weighted by molar-refractivity contribution is -0.151. The predicted molar refractivity (Wildman–Crippen MR) is 19.9 cm³/mol. The number of halogens is 3. The van der Waals surface area contributed by atoms with E-state index in [0.29, 0.717) is 0 Å². The van der Waals surface area contributed by atoms with Crippen LogP contribution in [-0.4, -0.2) is 12.1 Å². The van der Waals surface area contributed by atoms with Crippen LogP contribution in [0, 0.1) is 0 Å². The maximum Gasteiger partial charge on any atom is 0.397 e. The second-order valence-corrected chi connectivity index (χ2v) is 1.26. The molecule has 0 aliphatic carbocycles. The number of carbonyl (C=O) groups is 1. The van der Waals surface area contributed by atoms with Gasteiger partial charge in [0.1, 0.15) is 6.42 Å². The summed E-state index contributed by atoms with van der Waals surface area (Å²) >= 11 is 0. The summed E-state index contributed by atoms with van der Waals surface area (Å²) in [5.74, 6) is -1.35. The van der Waals surface area contributed by atoms with E-state index in [0.717, 1.165) is 0 Å². The van der Waals surface area contributed by atoms with Gasteiger partial charge in [-0.05, 0) is 0 Å². The van der Waals surface area contributed by atoms with E-state index in [1.807, 2.05) is 0 Å². The molecule has 0 aromatic rings. The quantitative estimate of drug-likeness (QED) is 0.545. The summed E-state index contributed by atoms with van der Waals surface area (Å²) in [6, 6.07) is 0. The Morgan fingerprint density at radius 3 is 1.88 bits per heavy atom. The summed E-state index contributed by atoms with van der Waals surface area (Å²) in [5, 5.41) is 0. The minimum Gasteiger partial charge on any atom is -0.369 e. The molecule has 0 bridgehead atoms. The summed E-state index contributed by atoms with van der Waals surface area (Å²) in [7, 11) is 0. The Morgan fingerprint density at radius 1 is 1.50 bits per heavy atom. The lowest BCUT2D eigenvalue weighted by atomic mass is 10.4. The molecule has 0 aromatic carbocycles. The molecule has 0 saturated carbocycles. The molecule has 0 atom stereocenters. The zero-order valence-electron chi connectivity index (χ0n) is 3.83. The van der Waals surface area contributed by atoms with Gasteiger partial charge in [0.15, 0.2) is 0 Å². The highest BCUT2D eigenvalue weighted by Gasteiger charge is 2.29. The SMILES string of the molecule is NC(=O)CC(F)(F)F. The van der Waals surface area contributed by atoms with Crippen LogP contribution in [0.4, 0.5) is 13.2 Å². The van der Waals surface area contributed by atoms with Crippen LogP contribution >= 0.6 is 0 Å². The highest BCUT2D eigenvalue weighted by atomic mass is 19.4. The van der Waals surface area contributed by atoms with Crippen molar-refractivity contribution in [1.29, 1.82) is 0 Å². The van der Waals surface area contributed by atoms with E-state index in [-0.39, 0.29) is 0 Å². The molecule has 0 fully saturated rings. The first kappa shape index (κ1) is 7.26. The molecule has 0 radical (unpaired) electrons. The fourth-order valence-corrected chi connectivity index (χ4v) is 0.198. The standard InChI is InChI=1S/C3H4F3NO/c4-3(5,6)1-2(7)8/h1H2,(H2,7,8). The van der Waals surface area contributed by atoms with Gasteiger partial charge in [0.05, 0.1) is 0 Å². The van der Waals surface area contributed by atoms with E-state index in [2.05, 4.69) is 5.73 Å². The highest BCUT2D eigenvalue weighted by Crippen LogP contribution is 2.17. The summed E-state index contributed by atoms with van der Waals surface area (Å²) in [6.07, 6.45) is -5.99. The van der Waals surface area contributed by atoms with Crippen molar-refractivity contribution in [3.05, 3.63) is 0 Å². The maximum absolute atomic E-state index is 11.0. The molecule has 0 heterocycles. The molecule has 0 rings (SSSR count). The first-order valence-corrected chi connectivity index (χ1v) is 1.77. The monoisotopic (exact) mass is 127 g/mol. The van der Waals surface area contributed by atoms with E-state index in [9.17, 15) is 18.0 Å². The number of nitrogens with two attached hydrogens (primary N) is 1. The van der Waals surface area contributed by atoms with Crippen LogP contribution in [0.1, 0.15) is 6.42 Å². The Labute approximate surface area is 43.5 Å². The molecule has 48 valence electrons. The Hall–Kier alpha value is -0.740. The van der Waals surface area contributed by atoms with E-state index in [1.54, 1.807) is 0 Å². The second-order valence-electron chi connectivity index (χ2n) is 1.26. The lowest BCUT2D eigenvalue weighted by Crippen LogP contribution is -2.21. The van der Waals surface area contributed by atoms with Crippen molar-refractivity contribution in [2.75, 3.05) is 0 Å². The third-order valence-electron chi connectivity index (χ3n) is 0.375. The summed E-state index contributed by atoms with van der Waals surface area (Å²) < 4.78 is 33.0. The largest absolute Gasteiger partial charge is 0.397 e. The summed E-state index contributed by atoms with van der Waals surface area (Å²) in [6.45, 7) is 0. The number of primary amides is 1. The highest BCUT2D eigenvalue weighted by molar-refractivity contribution is 5.74. The Morgan fingerprint density at radius 2 is 1.88 bits per heavy atom. The molecule has 0 aliphatic rings. The van der Waals surface area contributed by atoms with Crippen molar-refractivity contribution in [1.82, 2.24) is 0 Å². The van der Waals surface area contributed by atoms with E-state index in [4.69, 9.17) is 0 Å². The normalized spacial score (nSPS) is 11.4. The van der Waals surface area contributed by atoms with Gasteiger partial charge in [0, 0.05) is 0 Å². The predicted octanol–water partition coefficient (Wildman–Crippen LogP) is 0.424. The Balaban J connectivity index is 3.55. The number of hydrogen-bond acceptors (Lipinski definition) is 1. The molecule has 0 spiro atoms. The van der Waals surface area contributed by atoms with Gasteiger partial charge in [0.25, 0.3) is 0 Å². The van der Waals surface area contributed by atoms with E-state index >= 15 is 0 Å². The third kappa shape index (κ3) is 5.26. The molecule has 0 aliphatic heterocycles. The van der Waals surface area contributed by atoms with Crippen molar-refractivity contribution in [3.8, 4) is 0 Å². The molecule has 0 unspecified atom stereocenters. The zero-order chi connectivity index (χ0) is 6.78. The van der Waals surface area contributed by atoms with Gasteiger partial charge >= 0.3 is 6.18 Å². The van der Waals surface area contributed by atoms with Crippen molar-refractivity contribution < 1.29 is 18.0 Å². The first-order chi connectivity index (χ1) is 3.42. The maximum atomic E-state index is 11.0. The van der Waals surface area contributed by atoms with Crippen LogP contribution < -0.4 is 5.73 Å². The van der Waals surface area contributed by atoms with Gasteiger partial charge in [-0.3, -0.25) is 4.79 Å². The zero-order valence-corrected chi connectivity index (χ0v) is 3.83. The molecular formula is C3H4F3NO. The molecular weight excluding hydrogens is 123 g/mol. The molecule has 2 nitrogen and oxygen atoms in total. The van der Waals surface area contributed by atoms with Crippen LogP contribution in [0.25, 0.3) is 0 Å². The van der Waals surface area contributed by atoms with Crippen LogP contribution in [0.5, 0.6) is 0 Å². The number of carbonyl (C=O) groups excluding carboxylic acids is 1. The van der Waals surface area contributed by atoms with Crippen molar-refractivity contribution >= 4 is 5.91 Å². The average molecular weight is 127 g/mol. The van der Waals surface area contributed by atoms with Crippen LogP contribution in [-0.2, 0) is 4.79 Å². The number of rotatable bonds is 1. The van der Waals surface area contributed by atoms with Gasteiger partial charge in [-0.15, -0.1) is 0 Å². The smallest absolute Gasteiger partial charge is 0.369 e. The van der Waals surface area contributed by atoms with Gasteiger partial charge in [0.2, 0.25) is 5.91 Å². The van der Waals surface area contributed by atoms with Crippen LogP contribution in [0.3, 0.4) is 0 Å². The Kier molecular flexibility index (Phi) is 1.83. The van der Waals surface area contributed by atoms with Crippen molar-refractivity contribution in [2.24, 2.45) is 5.73 Å².